The summed E-state index contributed by atoms with van der Waals surface area (Å²) in [5.41, 5.74) is 0. The first-order valence-corrected chi connectivity index (χ1v) is 26.3. The lowest BCUT2D eigenvalue weighted by Crippen LogP contribution is -2.50. The van der Waals surface area contributed by atoms with Gasteiger partial charge in [0.15, 0.2) is 0 Å². The molecular formula is C49H95NO6S. The highest BCUT2D eigenvalue weighted by Gasteiger charge is 2.27. The van der Waals surface area contributed by atoms with Crippen LogP contribution in [0.15, 0.2) is 24.3 Å². The molecule has 0 aliphatic heterocycles. The van der Waals surface area contributed by atoms with Gasteiger partial charge < -0.3 is 15.5 Å². The lowest BCUT2D eigenvalue weighted by atomic mass is 10.0. The van der Waals surface area contributed by atoms with E-state index in [2.05, 4.69) is 31.3 Å². The molecule has 0 saturated carbocycles. The quantitative estimate of drug-likeness (QED) is 0.0275. The number of allylic oxidation sites excluding steroid dienone is 3. The molecule has 0 spiro atoms. The average Bonchev–Trinajstić information content (AvgIpc) is 3.18. The summed E-state index contributed by atoms with van der Waals surface area (Å²) >= 11 is 0. The molecule has 8 heteroatoms. The van der Waals surface area contributed by atoms with Crippen molar-refractivity contribution in [2.75, 3.05) is 5.75 Å². The standard InChI is InChI=1S/C49H95NO6S/c1-3-5-7-9-11-13-15-17-19-21-23-24-26-27-29-31-33-35-37-39-41-43-47(51)46(45-57(54,55)56)50-49(53)48(52)44-42-40-38-36-34-32-30-28-25-22-20-18-16-14-12-10-8-6-4-2/h33,35,41,43,46-48,51-52H,3-32,34,36-40,42,44-45H2,1-2H3,(H,50,53)(H,54,55,56)/b35-33+,43-41+. The molecule has 0 aliphatic rings. The maximum atomic E-state index is 12.6. The third kappa shape index (κ3) is 42.7. The van der Waals surface area contributed by atoms with E-state index in [-0.39, 0.29) is 6.42 Å². The minimum atomic E-state index is -4.45. The highest BCUT2D eigenvalue weighted by molar-refractivity contribution is 7.85. The van der Waals surface area contributed by atoms with Crippen LogP contribution >= 0.6 is 0 Å². The van der Waals surface area contributed by atoms with E-state index in [4.69, 9.17) is 0 Å². The summed E-state index contributed by atoms with van der Waals surface area (Å²) in [7, 11) is -4.45. The average molecular weight is 826 g/mol. The van der Waals surface area contributed by atoms with Crippen LogP contribution in [0, 0.1) is 0 Å². The molecule has 1 amide bonds. The second-order valence-electron chi connectivity index (χ2n) is 17.2. The largest absolute Gasteiger partial charge is 0.387 e. The van der Waals surface area contributed by atoms with E-state index in [0.717, 1.165) is 32.1 Å². The van der Waals surface area contributed by atoms with Gasteiger partial charge in [0.05, 0.1) is 17.9 Å². The molecule has 7 nitrogen and oxygen atoms in total. The summed E-state index contributed by atoms with van der Waals surface area (Å²) in [5.74, 6) is -1.55. The van der Waals surface area contributed by atoms with E-state index in [9.17, 15) is 28.0 Å². The van der Waals surface area contributed by atoms with Crippen LogP contribution in [0.2, 0.25) is 0 Å². The van der Waals surface area contributed by atoms with Crippen molar-refractivity contribution in [3.63, 3.8) is 0 Å². The first-order chi connectivity index (χ1) is 27.7. The summed E-state index contributed by atoms with van der Waals surface area (Å²) < 4.78 is 32.7. The Morgan fingerprint density at radius 1 is 0.474 bits per heavy atom. The highest BCUT2D eigenvalue weighted by atomic mass is 32.2. The van der Waals surface area contributed by atoms with Gasteiger partial charge >= 0.3 is 0 Å². The molecule has 3 atom stereocenters. The first kappa shape index (κ1) is 55.8. The predicted octanol–water partition coefficient (Wildman–Crippen LogP) is 14.1. The molecule has 0 heterocycles. The first-order valence-electron chi connectivity index (χ1n) is 24.6. The van der Waals surface area contributed by atoms with E-state index in [1.165, 1.54) is 199 Å². The van der Waals surface area contributed by atoms with Crippen LogP contribution in [0.3, 0.4) is 0 Å². The molecule has 0 aromatic heterocycles. The minimum absolute atomic E-state index is 0.279. The van der Waals surface area contributed by atoms with Gasteiger partial charge in [0.25, 0.3) is 10.1 Å². The van der Waals surface area contributed by atoms with E-state index in [0.29, 0.717) is 12.8 Å². The van der Waals surface area contributed by atoms with E-state index in [1.807, 2.05) is 0 Å². The number of hydrogen-bond acceptors (Lipinski definition) is 5. The number of unbranched alkanes of at least 4 members (excludes halogenated alkanes) is 34. The fourth-order valence-electron chi connectivity index (χ4n) is 7.71. The molecule has 0 radical (unpaired) electrons. The Bertz CT molecular complexity index is 1020. The Hall–Kier alpha value is -1.22. The number of hydrogen-bond donors (Lipinski definition) is 4. The summed E-state index contributed by atoms with van der Waals surface area (Å²) in [6.07, 6.45) is 52.5. The molecule has 0 fully saturated rings. The van der Waals surface area contributed by atoms with Crippen molar-refractivity contribution in [1.82, 2.24) is 5.32 Å². The van der Waals surface area contributed by atoms with Crippen molar-refractivity contribution < 1.29 is 28.0 Å². The van der Waals surface area contributed by atoms with Gasteiger partial charge in [-0.25, -0.2) is 0 Å². The SMILES string of the molecule is CCCCCCCCCCCCCCCCC/C=C/CC/C=C/C(O)C(CS(=O)(=O)O)NC(=O)C(O)CCCCCCCCCCCCCCCCCCCCC. The number of aliphatic hydroxyl groups is 2. The minimum Gasteiger partial charge on any atom is -0.387 e. The normalized spacial score (nSPS) is 13.8. The topological polar surface area (TPSA) is 124 Å². The second kappa shape index (κ2) is 42.9. The van der Waals surface area contributed by atoms with E-state index in [1.54, 1.807) is 6.08 Å². The van der Waals surface area contributed by atoms with Gasteiger partial charge in [-0.15, -0.1) is 0 Å². The fourth-order valence-corrected chi connectivity index (χ4v) is 8.44. The van der Waals surface area contributed by atoms with Crippen molar-refractivity contribution in [1.29, 1.82) is 0 Å². The molecule has 0 saturated heterocycles. The Morgan fingerprint density at radius 2 is 0.789 bits per heavy atom. The Balaban J connectivity index is 3.94. The maximum Gasteiger partial charge on any atom is 0.267 e. The van der Waals surface area contributed by atoms with E-state index < -0.39 is 40.0 Å². The van der Waals surface area contributed by atoms with Crippen molar-refractivity contribution in [3.05, 3.63) is 24.3 Å². The number of carbonyl (C=O) groups is 1. The maximum absolute atomic E-state index is 12.6. The molecule has 0 rings (SSSR count). The third-order valence-corrected chi connectivity index (χ3v) is 12.3. The molecule has 0 aromatic rings. The number of rotatable bonds is 45. The molecule has 0 bridgehead atoms. The zero-order chi connectivity index (χ0) is 41.9. The van der Waals surface area contributed by atoms with Crippen molar-refractivity contribution in [2.45, 2.75) is 276 Å². The van der Waals surface area contributed by atoms with E-state index >= 15 is 0 Å². The van der Waals surface area contributed by atoms with Gasteiger partial charge in [-0.2, -0.15) is 8.42 Å². The number of aliphatic hydroxyl groups excluding tert-OH is 2. The molecule has 0 aliphatic carbocycles. The molecule has 3 unspecified atom stereocenters. The third-order valence-electron chi connectivity index (χ3n) is 11.5. The van der Waals surface area contributed by atoms with Crippen LogP contribution in [-0.2, 0) is 14.9 Å². The van der Waals surface area contributed by atoms with Crippen molar-refractivity contribution >= 4 is 16.0 Å². The van der Waals surface area contributed by atoms with Gasteiger partial charge in [0.1, 0.15) is 6.10 Å². The number of carbonyl (C=O) groups excluding carboxylic acids is 1. The van der Waals surface area contributed by atoms with Gasteiger partial charge in [0.2, 0.25) is 5.91 Å². The van der Waals surface area contributed by atoms with Gasteiger partial charge in [-0.1, -0.05) is 250 Å². The monoisotopic (exact) mass is 826 g/mol. The van der Waals surface area contributed by atoms with Crippen molar-refractivity contribution in [2.24, 2.45) is 0 Å². The van der Waals surface area contributed by atoms with Crippen LogP contribution < -0.4 is 5.32 Å². The lowest BCUT2D eigenvalue weighted by molar-refractivity contribution is -0.130. The summed E-state index contributed by atoms with van der Waals surface area (Å²) in [6.45, 7) is 4.54. The number of amides is 1. The summed E-state index contributed by atoms with van der Waals surface area (Å²) in [6, 6.07) is -1.25. The zero-order valence-corrected chi connectivity index (χ0v) is 38.4. The fraction of sp³-hybridized carbons (Fsp3) is 0.898. The van der Waals surface area contributed by atoms with Crippen LogP contribution in [0.5, 0.6) is 0 Å². The smallest absolute Gasteiger partial charge is 0.267 e. The molecule has 338 valence electrons. The predicted molar refractivity (Wildman–Crippen MR) is 245 cm³/mol. The lowest BCUT2D eigenvalue weighted by Gasteiger charge is -2.22. The Kier molecular flexibility index (Phi) is 42.0. The van der Waals surface area contributed by atoms with Gasteiger partial charge in [0, 0.05) is 0 Å². The highest BCUT2D eigenvalue weighted by Crippen LogP contribution is 2.17. The van der Waals surface area contributed by atoms with Crippen LogP contribution in [0.4, 0.5) is 0 Å². The van der Waals surface area contributed by atoms with Gasteiger partial charge in [-0.05, 0) is 32.1 Å². The Labute approximate surface area is 354 Å². The van der Waals surface area contributed by atoms with Gasteiger partial charge in [-0.3, -0.25) is 9.35 Å². The molecular weight excluding hydrogens is 731 g/mol. The molecule has 0 aromatic carbocycles. The summed E-state index contributed by atoms with van der Waals surface area (Å²) in [4.78, 5) is 12.6. The van der Waals surface area contributed by atoms with Crippen LogP contribution in [0.25, 0.3) is 0 Å². The molecule has 4 N–H and O–H groups in total. The Morgan fingerprint density at radius 3 is 1.16 bits per heavy atom. The zero-order valence-electron chi connectivity index (χ0n) is 37.6. The van der Waals surface area contributed by atoms with Crippen LogP contribution in [-0.4, -0.2) is 53.1 Å². The summed E-state index contributed by atoms with van der Waals surface area (Å²) in [5, 5.41) is 23.5. The number of nitrogens with one attached hydrogen (secondary N) is 1. The molecule has 57 heavy (non-hydrogen) atoms. The van der Waals surface area contributed by atoms with Crippen molar-refractivity contribution in [3.8, 4) is 0 Å². The second-order valence-corrected chi connectivity index (χ2v) is 18.7. The van der Waals surface area contributed by atoms with Crippen LogP contribution in [0.1, 0.15) is 258 Å².